The largest absolute Gasteiger partial charge is 0.444 e. The molecule has 1 aliphatic rings. The molecule has 8 heteroatoms. The van der Waals surface area contributed by atoms with E-state index in [0.29, 0.717) is 42.6 Å². The zero-order valence-electron chi connectivity index (χ0n) is 33.8. The van der Waals surface area contributed by atoms with Crippen molar-refractivity contribution in [3.05, 3.63) is 0 Å². The summed E-state index contributed by atoms with van der Waals surface area (Å²) in [7, 11) is -3.99. The molecule has 47 heavy (non-hydrogen) atoms. The number of nitriles is 1. The molecule has 0 heterocycles. The summed E-state index contributed by atoms with van der Waals surface area (Å²) >= 11 is 0. The first-order chi connectivity index (χ1) is 21.6. The maximum atomic E-state index is 14.0. The van der Waals surface area contributed by atoms with Crippen LogP contribution in [0.1, 0.15) is 167 Å². The number of rotatable bonds is 19. The van der Waals surface area contributed by atoms with Crippen LogP contribution in [0.4, 0.5) is 4.79 Å². The van der Waals surface area contributed by atoms with Crippen LogP contribution in [0.2, 0.25) is 34.8 Å². The van der Waals surface area contributed by atoms with Gasteiger partial charge in [-0.25, -0.2) is 4.79 Å². The van der Waals surface area contributed by atoms with Gasteiger partial charge in [0.25, 0.3) is 0 Å². The van der Waals surface area contributed by atoms with E-state index in [1.165, 1.54) is 25.7 Å². The normalized spacial score (nSPS) is 20.5. The lowest BCUT2D eigenvalue weighted by Gasteiger charge is -2.48. The lowest BCUT2D eigenvalue weighted by atomic mass is 9.70. The molecule has 0 aliphatic heterocycles. The molecule has 1 amide bonds. The lowest BCUT2D eigenvalue weighted by Crippen LogP contribution is -2.58. The molecule has 1 saturated carbocycles. The Bertz CT molecular complexity index is 942. The summed E-state index contributed by atoms with van der Waals surface area (Å²) in [4.78, 5) is 15.8. The van der Waals surface area contributed by atoms with Gasteiger partial charge < -0.3 is 13.6 Å². The van der Waals surface area contributed by atoms with Crippen molar-refractivity contribution in [3.8, 4) is 6.07 Å². The van der Waals surface area contributed by atoms with E-state index in [1.54, 1.807) is 0 Å². The van der Waals surface area contributed by atoms with Crippen LogP contribution in [0, 0.1) is 17.2 Å². The summed E-state index contributed by atoms with van der Waals surface area (Å²) in [6.07, 6.45) is 12.0. The number of hydrogen-bond donors (Lipinski definition) is 0. The van der Waals surface area contributed by atoms with Crippen LogP contribution in [0.3, 0.4) is 0 Å². The second-order valence-electron chi connectivity index (χ2n) is 18.1. The Morgan fingerprint density at radius 3 is 2.00 bits per heavy atom. The van der Waals surface area contributed by atoms with Crippen molar-refractivity contribution in [1.82, 2.24) is 4.90 Å². The molecule has 0 bridgehead atoms. The summed E-state index contributed by atoms with van der Waals surface area (Å²) in [5, 5.41) is 11.2. The average molecular weight is 695 g/mol. The van der Waals surface area contributed by atoms with E-state index in [-0.39, 0.29) is 23.2 Å². The number of nitrogens with zero attached hydrogens (tertiary/aromatic N) is 2. The van der Waals surface area contributed by atoms with Gasteiger partial charge in [0.1, 0.15) is 11.1 Å². The van der Waals surface area contributed by atoms with Crippen LogP contribution in [0.5, 0.6) is 0 Å². The number of amides is 1. The fourth-order valence-corrected chi connectivity index (χ4v) is 14.6. The Labute approximate surface area is 294 Å². The van der Waals surface area contributed by atoms with Crippen LogP contribution in [0.15, 0.2) is 0 Å². The maximum absolute atomic E-state index is 14.0. The quantitative estimate of drug-likeness (QED) is 0.0994. The zero-order valence-corrected chi connectivity index (χ0v) is 35.8. The second kappa shape index (κ2) is 18.9. The first-order valence-electron chi connectivity index (χ1n) is 19.3. The van der Waals surface area contributed by atoms with E-state index in [4.69, 9.17) is 13.6 Å². The minimum atomic E-state index is -2.07. The topological polar surface area (TPSA) is 71.8 Å². The van der Waals surface area contributed by atoms with Crippen molar-refractivity contribution in [2.75, 3.05) is 13.2 Å². The third-order valence-electron chi connectivity index (χ3n) is 11.4. The molecule has 0 aromatic carbocycles. The molecular formula is C39H78N2O4Si2. The van der Waals surface area contributed by atoms with E-state index in [0.717, 1.165) is 38.5 Å². The minimum absolute atomic E-state index is 0.0880. The summed E-state index contributed by atoms with van der Waals surface area (Å²) in [6.45, 7) is 34.6. The molecule has 0 saturated heterocycles. The molecule has 3 atom stereocenters. The molecule has 0 spiro atoms. The monoisotopic (exact) mass is 695 g/mol. The van der Waals surface area contributed by atoms with Gasteiger partial charge in [-0.1, -0.05) is 108 Å². The van der Waals surface area contributed by atoms with Crippen LogP contribution in [-0.2, 0) is 13.6 Å². The van der Waals surface area contributed by atoms with Crippen molar-refractivity contribution >= 4 is 22.7 Å². The molecule has 1 rings (SSSR count). The van der Waals surface area contributed by atoms with Crippen molar-refractivity contribution < 1.29 is 18.4 Å². The van der Waals surface area contributed by atoms with Crippen LogP contribution in [-0.4, -0.2) is 58.0 Å². The summed E-state index contributed by atoms with van der Waals surface area (Å²) in [6, 6.07) is 2.76. The Hall–Kier alpha value is -0.886. The smallest absolute Gasteiger partial charge is 0.411 e. The Morgan fingerprint density at radius 1 is 0.915 bits per heavy atom. The molecule has 0 aromatic heterocycles. The van der Waals surface area contributed by atoms with Gasteiger partial charge in [-0.3, -0.25) is 4.90 Å². The predicted octanol–water partition coefficient (Wildman–Crippen LogP) is 12.4. The first kappa shape index (κ1) is 44.1. The standard InChI is InChI=1S/C39H78N2O4Si2/c1-16-17-18-19-24-35(45-47(31(2)3,32(4)5)33(6)7)26-25-34-23-20-21-27-39(34,30-40)41(36(42)44-37(8,9)10)28-22-29-43-46(14,15)38(11,12)13/h31-35H,16-29H2,1-15H3/t34-,35-,39-/m0/s1. The number of carbonyl (C=O) groups is 1. The Kier molecular flexibility index (Phi) is 17.8. The summed E-state index contributed by atoms with van der Waals surface area (Å²) in [5.74, 6) is 0.0880. The van der Waals surface area contributed by atoms with Gasteiger partial charge in [0.15, 0.2) is 8.32 Å². The van der Waals surface area contributed by atoms with E-state index >= 15 is 0 Å². The predicted molar refractivity (Wildman–Crippen MR) is 205 cm³/mol. The fraction of sp³-hybridized carbons (Fsp3) is 0.949. The van der Waals surface area contributed by atoms with Gasteiger partial charge in [0.2, 0.25) is 8.32 Å². The van der Waals surface area contributed by atoms with Crippen molar-refractivity contribution in [1.29, 1.82) is 5.26 Å². The Morgan fingerprint density at radius 2 is 1.51 bits per heavy atom. The molecular weight excluding hydrogens is 617 g/mol. The number of ether oxygens (including phenoxy) is 1. The van der Waals surface area contributed by atoms with Crippen molar-refractivity contribution in [2.45, 2.75) is 219 Å². The van der Waals surface area contributed by atoms with Crippen LogP contribution < -0.4 is 0 Å². The van der Waals surface area contributed by atoms with E-state index in [1.807, 2.05) is 25.7 Å². The molecule has 276 valence electrons. The van der Waals surface area contributed by atoms with Crippen molar-refractivity contribution in [3.63, 3.8) is 0 Å². The van der Waals surface area contributed by atoms with Crippen LogP contribution >= 0.6 is 0 Å². The molecule has 6 nitrogen and oxygen atoms in total. The van der Waals surface area contributed by atoms with Crippen molar-refractivity contribution in [2.24, 2.45) is 5.92 Å². The molecule has 1 aliphatic carbocycles. The third kappa shape index (κ3) is 12.4. The van der Waals surface area contributed by atoms with E-state index in [9.17, 15) is 10.1 Å². The summed E-state index contributed by atoms with van der Waals surface area (Å²) < 4.78 is 20.0. The second-order valence-corrected chi connectivity index (χ2v) is 28.3. The van der Waals surface area contributed by atoms with E-state index in [2.05, 4.69) is 88.4 Å². The highest BCUT2D eigenvalue weighted by molar-refractivity contribution is 6.77. The molecule has 0 N–H and O–H groups in total. The van der Waals surface area contributed by atoms with E-state index < -0.39 is 27.8 Å². The molecule has 1 fully saturated rings. The highest BCUT2D eigenvalue weighted by Gasteiger charge is 2.50. The first-order valence-corrected chi connectivity index (χ1v) is 24.4. The van der Waals surface area contributed by atoms with Gasteiger partial charge in [-0.05, 0) is 100.0 Å². The molecule has 0 unspecified atom stereocenters. The Balaban J connectivity index is 3.40. The number of carbonyl (C=O) groups excluding carboxylic acids is 1. The minimum Gasteiger partial charge on any atom is -0.444 e. The fourth-order valence-electron chi connectivity index (χ4n) is 7.86. The SMILES string of the molecule is CCCCCC[C@@H](CC[C@@H]1CCCC[C@@]1(C#N)N(CCCO[Si](C)(C)C(C)(C)C)C(=O)OC(C)(C)C)O[Si](C(C)C)(C(C)C)C(C)C. The lowest BCUT2D eigenvalue weighted by molar-refractivity contribution is -0.0184. The van der Waals surface area contributed by atoms with Gasteiger partial charge in [-0.2, -0.15) is 5.26 Å². The van der Waals surface area contributed by atoms with Crippen LogP contribution in [0.25, 0.3) is 0 Å². The number of unbranched alkanes of at least 4 members (excludes halogenated alkanes) is 3. The number of hydrogen-bond acceptors (Lipinski definition) is 5. The van der Waals surface area contributed by atoms with Gasteiger partial charge in [0, 0.05) is 19.3 Å². The van der Waals surface area contributed by atoms with Gasteiger partial charge >= 0.3 is 6.09 Å². The van der Waals surface area contributed by atoms with Gasteiger partial charge in [0.05, 0.1) is 6.07 Å². The van der Waals surface area contributed by atoms with Gasteiger partial charge in [-0.15, -0.1) is 0 Å². The maximum Gasteiger partial charge on any atom is 0.411 e. The summed E-state index contributed by atoms with van der Waals surface area (Å²) in [5.41, 5.74) is 0.0793. The molecule has 0 radical (unpaired) electrons. The third-order valence-corrected chi connectivity index (χ3v) is 22.1. The average Bonchev–Trinajstić information content (AvgIpc) is 2.94. The zero-order chi connectivity index (χ0) is 36.3. The molecule has 0 aromatic rings. The highest BCUT2D eigenvalue weighted by atomic mass is 28.4. The highest BCUT2D eigenvalue weighted by Crippen LogP contribution is 2.46.